The number of ether oxygens (including phenoxy) is 3. The van der Waals surface area contributed by atoms with Gasteiger partial charge in [-0.3, -0.25) is 14.9 Å². The van der Waals surface area contributed by atoms with Gasteiger partial charge in [-0.25, -0.2) is 14.8 Å². The minimum atomic E-state index is -1.51. The maximum atomic E-state index is 13.6. The molecule has 0 bridgehead atoms. The number of benzene rings is 2. The van der Waals surface area contributed by atoms with Crippen molar-refractivity contribution in [1.29, 1.82) is 0 Å². The van der Waals surface area contributed by atoms with Gasteiger partial charge in [0.05, 0.1) is 53.8 Å². The summed E-state index contributed by atoms with van der Waals surface area (Å²) in [5, 5.41) is 16.4. The number of H-pyrrole nitrogens is 2. The fraction of sp³-hybridized carbons (Fsp3) is 0.500. The van der Waals surface area contributed by atoms with E-state index in [9.17, 15) is 19.5 Å². The van der Waals surface area contributed by atoms with Gasteiger partial charge in [0.2, 0.25) is 18.2 Å². The van der Waals surface area contributed by atoms with Crippen molar-refractivity contribution in [2.45, 2.75) is 89.6 Å². The quantitative estimate of drug-likeness (QED) is 0.149. The topological polar surface area (TPSA) is 187 Å². The van der Waals surface area contributed by atoms with Crippen LogP contribution in [0.4, 0.5) is 4.79 Å². The van der Waals surface area contributed by atoms with Crippen molar-refractivity contribution in [2.75, 3.05) is 27.0 Å². The molecular weight excluding hydrogens is 680 g/mol. The van der Waals surface area contributed by atoms with Gasteiger partial charge in [-0.15, -0.1) is 0 Å². The molecule has 7 rings (SSSR count). The Balaban J connectivity index is 1.04. The van der Waals surface area contributed by atoms with Gasteiger partial charge in [0.15, 0.2) is 6.79 Å². The number of carbonyl (C=O) groups excluding carboxylic acids is 3. The number of methoxy groups -OCH3 is 1. The van der Waals surface area contributed by atoms with Gasteiger partial charge >= 0.3 is 6.09 Å². The van der Waals surface area contributed by atoms with Gasteiger partial charge in [0.25, 0.3) is 0 Å². The average Bonchev–Trinajstić information content (AvgIpc) is 3.94. The van der Waals surface area contributed by atoms with Crippen LogP contribution < -0.4 is 10.6 Å². The highest BCUT2D eigenvalue weighted by Crippen LogP contribution is 2.35. The zero-order valence-electron chi connectivity index (χ0n) is 30.7. The van der Waals surface area contributed by atoms with Gasteiger partial charge in [0, 0.05) is 13.1 Å². The van der Waals surface area contributed by atoms with E-state index in [1.807, 2.05) is 55.3 Å². The zero-order chi connectivity index (χ0) is 37.4. The van der Waals surface area contributed by atoms with E-state index < -0.39 is 36.1 Å². The lowest BCUT2D eigenvalue weighted by Crippen LogP contribution is -2.58. The maximum absolute atomic E-state index is 13.6. The number of aliphatic hydroxyl groups is 1. The van der Waals surface area contributed by atoms with Gasteiger partial charge in [0.1, 0.15) is 17.7 Å². The molecule has 3 aliphatic rings. The van der Waals surface area contributed by atoms with Crippen LogP contribution in [0.2, 0.25) is 0 Å². The van der Waals surface area contributed by atoms with Crippen molar-refractivity contribution in [3.05, 3.63) is 60.3 Å². The molecule has 0 radical (unpaired) electrons. The Labute approximate surface area is 307 Å². The third-order valence-electron chi connectivity index (χ3n) is 10.4. The molecule has 2 aromatic heterocycles. The van der Waals surface area contributed by atoms with E-state index in [2.05, 4.69) is 32.7 Å². The van der Waals surface area contributed by atoms with Crippen LogP contribution in [0.25, 0.3) is 33.4 Å². The van der Waals surface area contributed by atoms with Gasteiger partial charge in [-0.2, -0.15) is 0 Å². The van der Waals surface area contributed by atoms with Crippen LogP contribution in [0.1, 0.15) is 77.1 Å². The highest BCUT2D eigenvalue weighted by Gasteiger charge is 2.43. The van der Waals surface area contributed by atoms with Crippen molar-refractivity contribution in [2.24, 2.45) is 5.92 Å². The molecule has 5 N–H and O–H groups in total. The van der Waals surface area contributed by atoms with E-state index in [0.29, 0.717) is 25.3 Å². The Morgan fingerprint density at radius 2 is 1.57 bits per heavy atom. The first kappa shape index (κ1) is 36.5. The monoisotopic (exact) mass is 728 g/mol. The van der Waals surface area contributed by atoms with Crippen LogP contribution in [0.15, 0.2) is 48.7 Å². The summed E-state index contributed by atoms with van der Waals surface area (Å²) in [7, 11) is 1.21. The second-order valence-corrected chi connectivity index (χ2v) is 14.9. The molecule has 15 nitrogen and oxygen atoms in total. The van der Waals surface area contributed by atoms with E-state index in [4.69, 9.17) is 24.2 Å². The predicted octanol–water partition coefficient (Wildman–Crippen LogP) is 4.34. The average molecular weight is 729 g/mol. The molecule has 3 amide bonds. The number of aromatic amines is 2. The number of likely N-dealkylation sites (tertiary alicyclic amines) is 2. The van der Waals surface area contributed by atoms with E-state index in [1.54, 1.807) is 4.90 Å². The normalized spacial score (nSPS) is 20.5. The second-order valence-electron chi connectivity index (χ2n) is 14.9. The minimum Gasteiger partial charge on any atom is -0.453 e. The Kier molecular flexibility index (Phi) is 10.3. The molecule has 0 saturated carbocycles. The van der Waals surface area contributed by atoms with Crippen LogP contribution in [0, 0.1) is 5.92 Å². The Morgan fingerprint density at radius 1 is 0.925 bits per heavy atom. The molecule has 3 fully saturated rings. The van der Waals surface area contributed by atoms with Crippen molar-refractivity contribution in [1.82, 2.24) is 40.4 Å². The fourth-order valence-electron chi connectivity index (χ4n) is 7.48. The van der Waals surface area contributed by atoms with E-state index in [1.165, 1.54) is 21.0 Å². The highest BCUT2D eigenvalue weighted by atomic mass is 16.9. The highest BCUT2D eigenvalue weighted by molar-refractivity contribution is 5.88. The summed E-state index contributed by atoms with van der Waals surface area (Å²) in [5.74, 6) is 1.11. The lowest BCUT2D eigenvalue weighted by molar-refractivity contribution is -0.335. The first-order chi connectivity index (χ1) is 25.4. The van der Waals surface area contributed by atoms with Crippen molar-refractivity contribution in [3.63, 3.8) is 0 Å². The molecule has 1 unspecified atom stereocenters. The minimum absolute atomic E-state index is 0.0200. The van der Waals surface area contributed by atoms with Gasteiger partial charge < -0.3 is 44.4 Å². The predicted molar refractivity (Wildman–Crippen MR) is 195 cm³/mol. The number of carbonyl (C=O) groups is 3. The Morgan fingerprint density at radius 3 is 2.19 bits per heavy atom. The third-order valence-corrected chi connectivity index (χ3v) is 10.4. The Bertz CT molecular complexity index is 1950. The van der Waals surface area contributed by atoms with Gasteiger partial charge in [-0.05, 0) is 74.3 Å². The number of hydrogen-bond donors (Lipinski definition) is 5. The number of nitrogens with zero attached hydrogens (tertiary/aromatic N) is 4. The standard InChI is InChI=1S/C38H48N8O7/c1-21(2)30(43-37-52-20-53-37)34(47)45-16-6-8-28(45)32-39-19-27(42-32)23-12-10-22(11-13-23)24-14-15-25-26(18-24)41-33(40-25)29-9-7-17-46(29)35(48)31(38(3,4)50)44-36(49)51-5/h10-15,18-19,21,28-31,37,43,50H,6-9,16-17,20H2,1-5H3,(H,39,42)(H,40,41)(H,44,49)/t28-,29-,30-,31?/m0/s1. The second kappa shape index (κ2) is 14.9. The number of hydrogen-bond acceptors (Lipinski definition) is 10. The first-order valence-corrected chi connectivity index (χ1v) is 18.2. The molecule has 3 saturated heterocycles. The van der Waals surface area contributed by atoms with Crippen LogP contribution >= 0.6 is 0 Å². The smallest absolute Gasteiger partial charge is 0.407 e. The lowest BCUT2D eigenvalue weighted by Gasteiger charge is -2.35. The zero-order valence-corrected chi connectivity index (χ0v) is 30.7. The molecule has 4 atom stereocenters. The number of alkyl carbamates (subject to hydrolysis) is 1. The summed E-state index contributed by atoms with van der Waals surface area (Å²) in [6, 6.07) is 12.2. The molecule has 0 spiro atoms. The Hall–Kier alpha value is -4.83. The number of imidazole rings is 2. The van der Waals surface area contributed by atoms with E-state index in [-0.39, 0.29) is 30.7 Å². The summed E-state index contributed by atoms with van der Waals surface area (Å²) >= 11 is 0. The summed E-state index contributed by atoms with van der Waals surface area (Å²) in [6.45, 7) is 8.36. The number of rotatable bonds is 11. The van der Waals surface area contributed by atoms with Crippen LogP contribution in [-0.4, -0.2) is 104 Å². The van der Waals surface area contributed by atoms with Gasteiger partial charge in [-0.1, -0.05) is 44.2 Å². The molecular formula is C38H48N8O7. The molecule has 0 aliphatic carbocycles. The fourth-order valence-corrected chi connectivity index (χ4v) is 7.48. The molecule has 282 valence electrons. The molecule has 15 heteroatoms. The van der Waals surface area contributed by atoms with Crippen LogP contribution in [0.5, 0.6) is 0 Å². The number of fused-ring (bicyclic) bond motifs is 1. The lowest BCUT2D eigenvalue weighted by atomic mass is 9.97. The van der Waals surface area contributed by atoms with Crippen LogP contribution in [-0.2, 0) is 23.8 Å². The van der Waals surface area contributed by atoms with Crippen LogP contribution in [0.3, 0.4) is 0 Å². The number of amides is 3. The largest absolute Gasteiger partial charge is 0.453 e. The van der Waals surface area contributed by atoms with E-state index in [0.717, 1.165) is 58.5 Å². The molecule has 53 heavy (non-hydrogen) atoms. The number of nitrogens with one attached hydrogen (secondary N) is 4. The van der Waals surface area contributed by atoms with Crippen molar-refractivity contribution >= 4 is 28.9 Å². The molecule has 3 aliphatic heterocycles. The molecule has 5 heterocycles. The summed E-state index contributed by atoms with van der Waals surface area (Å²) < 4.78 is 15.4. The SMILES string of the molecule is COC(=O)NC(C(=O)N1CCC[C@H]1c1nc2ccc(-c3ccc(-c4cnc([C@@H]5CCCN5C(=O)[C@@H](NC5OCO5)C(C)C)[nH]4)cc3)cc2[nH]1)C(C)(C)O. The van der Waals surface area contributed by atoms with Crippen molar-refractivity contribution in [3.8, 4) is 22.4 Å². The third kappa shape index (κ3) is 7.51. The van der Waals surface area contributed by atoms with E-state index >= 15 is 0 Å². The summed E-state index contributed by atoms with van der Waals surface area (Å²) in [5.41, 5.74) is 3.97. The van der Waals surface area contributed by atoms with Crippen molar-refractivity contribution < 1.29 is 33.7 Å². The number of aromatic nitrogens is 4. The summed E-state index contributed by atoms with van der Waals surface area (Å²) in [6.07, 6.45) is 3.68. The first-order valence-electron chi connectivity index (χ1n) is 18.2. The maximum Gasteiger partial charge on any atom is 0.407 e. The molecule has 4 aromatic rings. The summed E-state index contributed by atoms with van der Waals surface area (Å²) in [4.78, 5) is 59.3. The molecule has 2 aromatic carbocycles.